The summed E-state index contributed by atoms with van der Waals surface area (Å²) in [6.07, 6.45) is -0.274. The summed E-state index contributed by atoms with van der Waals surface area (Å²) in [6, 6.07) is 13.6. The van der Waals surface area contributed by atoms with Gasteiger partial charge >= 0.3 is 5.97 Å². The van der Waals surface area contributed by atoms with Crippen LogP contribution in [0, 0.1) is 0 Å². The average molecular weight is 417 g/mol. The number of nitrogens with one attached hydrogen (secondary N) is 2. The highest BCUT2D eigenvalue weighted by molar-refractivity contribution is 7.80. The summed E-state index contributed by atoms with van der Waals surface area (Å²) in [6.45, 7) is 3.49. The lowest BCUT2D eigenvalue weighted by molar-refractivity contribution is 0.0378. The van der Waals surface area contributed by atoms with Crippen LogP contribution in [0.15, 0.2) is 52.9 Å². The Labute approximate surface area is 171 Å². The summed E-state index contributed by atoms with van der Waals surface area (Å²) in [5, 5.41) is 6.51. The van der Waals surface area contributed by atoms with Gasteiger partial charge in [-0.15, -0.1) is 0 Å². The van der Waals surface area contributed by atoms with Crippen molar-refractivity contribution in [2.24, 2.45) is 0 Å². The molecule has 0 atom stereocenters. The molecule has 28 heavy (non-hydrogen) atoms. The number of benzene rings is 2. The fourth-order valence-corrected chi connectivity index (χ4v) is 2.86. The quantitative estimate of drug-likeness (QED) is 0.470. The van der Waals surface area contributed by atoms with Crippen LogP contribution >= 0.6 is 23.8 Å². The monoisotopic (exact) mass is 416 g/mol. The summed E-state index contributed by atoms with van der Waals surface area (Å²) in [4.78, 5) is 24.5. The Morgan fingerprint density at radius 1 is 1.14 bits per heavy atom. The van der Waals surface area contributed by atoms with Crippen LogP contribution in [0.2, 0.25) is 5.02 Å². The molecule has 0 aliphatic rings. The van der Waals surface area contributed by atoms with Crippen LogP contribution in [0.5, 0.6) is 0 Å². The smallest absolute Gasteiger partial charge is 0.339 e. The van der Waals surface area contributed by atoms with E-state index in [2.05, 4.69) is 10.6 Å². The molecule has 1 heterocycles. The molecule has 0 spiro atoms. The van der Waals surface area contributed by atoms with E-state index in [-0.39, 0.29) is 27.6 Å². The molecule has 2 aromatic carbocycles. The largest absolute Gasteiger partial charge is 0.459 e. The Bertz CT molecular complexity index is 1030. The van der Waals surface area contributed by atoms with Gasteiger partial charge in [0.25, 0.3) is 5.91 Å². The topological polar surface area (TPSA) is 80.6 Å². The minimum Gasteiger partial charge on any atom is -0.459 e. The highest BCUT2D eigenvalue weighted by Crippen LogP contribution is 2.22. The third-order valence-electron chi connectivity index (χ3n) is 3.66. The van der Waals surface area contributed by atoms with E-state index in [1.54, 1.807) is 38.1 Å². The van der Waals surface area contributed by atoms with Crippen molar-refractivity contribution in [2.45, 2.75) is 20.0 Å². The van der Waals surface area contributed by atoms with Crippen molar-refractivity contribution in [1.29, 1.82) is 0 Å². The molecule has 0 aliphatic carbocycles. The predicted molar refractivity (Wildman–Crippen MR) is 112 cm³/mol. The molecule has 0 aliphatic heterocycles. The number of carbonyl (C=O) groups excluding carboxylic acids is 2. The second-order valence-corrected chi connectivity index (χ2v) is 7.02. The molecule has 0 fully saturated rings. The molecule has 8 heteroatoms. The molecule has 0 bridgehead atoms. The van der Waals surface area contributed by atoms with Crippen LogP contribution in [0.1, 0.15) is 34.8 Å². The van der Waals surface area contributed by atoms with E-state index in [9.17, 15) is 9.59 Å². The molecule has 0 saturated carbocycles. The van der Waals surface area contributed by atoms with E-state index in [1.165, 1.54) is 6.07 Å². The molecule has 1 amide bonds. The van der Waals surface area contributed by atoms with Crippen molar-refractivity contribution in [1.82, 2.24) is 5.32 Å². The number of carbonyl (C=O) groups is 2. The SMILES string of the molecule is CC(C)OC(=O)c1cc(NC(=S)NC(=O)c2cc3ccccc3o2)ccc1Cl. The first kappa shape index (κ1) is 19.9. The molecular formula is C20H17ClN2O4S. The summed E-state index contributed by atoms with van der Waals surface area (Å²) in [7, 11) is 0. The number of hydrogen-bond donors (Lipinski definition) is 2. The maximum atomic E-state index is 12.3. The van der Waals surface area contributed by atoms with Gasteiger partial charge in [0, 0.05) is 11.1 Å². The van der Waals surface area contributed by atoms with Gasteiger partial charge in [-0.2, -0.15) is 0 Å². The zero-order chi connectivity index (χ0) is 20.3. The first-order chi connectivity index (χ1) is 13.3. The van der Waals surface area contributed by atoms with Gasteiger partial charge in [-0.3, -0.25) is 10.1 Å². The number of furan rings is 1. The fourth-order valence-electron chi connectivity index (χ4n) is 2.46. The van der Waals surface area contributed by atoms with Crippen molar-refractivity contribution >= 4 is 57.5 Å². The first-order valence-electron chi connectivity index (χ1n) is 8.45. The van der Waals surface area contributed by atoms with E-state index in [0.717, 1.165) is 5.39 Å². The Kier molecular flexibility index (Phi) is 5.96. The average Bonchev–Trinajstić information content (AvgIpc) is 3.07. The third kappa shape index (κ3) is 4.68. The van der Waals surface area contributed by atoms with E-state index in [0.29, 0.717) is 11.3 Å². The summed E-state index contributed by atoms with van der Waals surface area (Å²) >= 11 is 11.2. The summed E-state index contributed by atoms with van der Waals surface area (Å²) in [5.74, 6) is -0.884. The number of fused-ring (bicyclic) bond motifs is 1. The standard InChI is InChI=1S/C20H17ClN2O4S/c1-11(2)26-19(25)14-10-13(7-8-15(14)21)22-20(28)23-18(24)17-9-12-5-3-4-6-16(12)27-17/h3-11H,1-2H3,(H2,22,23,24,28). The maximum absolute atomic E-state index is 12.3. The Morgan fingerprint density at radius 3 is 2.61 bits per heavy atom. The number of para-hydroxylation sites is 1. The van der Waals surface area contributed by atoms with Crippen LogP contribution < -0.4 is 10.6 Å². The van der Waals surface area contributed by atoms with Gasteiger partial charge in [0.1, 0.15) is 5.58 Å². The predicted octanol–water partition coefficient (Wildman–Crippen LogP) is 4.78. The number of ether oxygens (including phenoxy) is 1. The van der Waals surface area contributed by atoms with Crippen molar-refractivity contribution in [2.75, 3.05) is 5.32 Å². The molecule has 0 radical (unpaired) electrons. The molecular weight excluding hydrogens is 400 g/mol. The molecule has 0 saturated heterocycles. The van der Waals surface area contributed by atoms with E-state index in [1.807, 2.05) is 18.2 Å². The summed E-state index contributed by atoms with van der Waals surface area (Å²) in [5.41, 5.74) is 1.29. The number of anilines is 1. The number of amides is 1. The minimum atomic E-state index is -0.541. The van der Waals surface area contributed by atoms with Crippen molar-refractivity contribution in [3.05, 3.63) is 64.9 Å². The van der Waals surface area contributed by atoms with E-state index in [4.69, 9.17) is 33.0 Å². The molecule has 1 aromatic heterocycles. The number of halogens is 1. The number of esters is 1. The van der Waals surface area contributed by atoms with Crippen LogP contribution in [0.4, 0.5) is 5.69 Å². The normalized spacial score (nSPS) is 10.7. The highest BCUT2D eigenvalue weighted by atomic mass is 35.5. The molecule has 144 valence electrons. The van der Waals surface area contributed by atoms with Crippen LogP contribution in [-0.2, 0) is 4.74 Å². The first-order valence-corrected chi connectivity index (χ1v) is 9.23. The fraction of sp³-hybridized carbons (Fsp3) is 0.150. The highest BCUT2D eigenvalue weighted by Gasteiger charge is 2.16. The lowest BCUT2D eigenvalue weighted by atomic mass is 10.2. The van der Waals surface area contributed by atoms with Gasteiger partial charge in [-0.25, -0.2) is 4.79 Å². The number of rotatable bonds is 4. The minimum absolute atomic E-state index is 0.0518. The maximum Gasteiger partial charge on any atom is 0.339 e. The molecule has 3 rings (SSSR count). The third-order valence-corrected chi connectivity index (χ3v) is 4.20. The van der Waals surface area contributed by atoms with Crippen LogP contribution in [0.25, 0.3) is 11.0 Å². The van der Waals surface area contributed by atoms with Crippen LogP contribution in [0.3, 0.4) is 0 Å². The lowest BCUT2D eigenvalue weighted by Crippen LogP contribution is -2.33. The van der Waals surface area contributed by atoms with Gasteiger partial charge in [0.2, 0.25) is 0 Å². The lowest BCUT2D eigenvalue weighted by Gasteiger charge is -2.12. The molecule has 6 nitrogen and oxygen atoms in total. The van der Waals surface area contributed by atoms with Gasteiger partial charge in [-0.05, 0) is 56.4 Å². The van der Waals surface area contributed by atoms with E-state index < -0.39 is 11.9 Å². The van der Waals surface area contributed by atoms with E-state index >= 15 is 0 Å². The second kappa shape index (κ2) is 8.41. The van der Waals surface area contributed by atoms with Crippen molar-refractivity contribution in [3.8, 4) is 0 Å². The summed E-state index contributed by atoms with van der Waals surface area (Å²) < 4.78 is 10.7. The zero-order valence-electron chi connectivity index (χ0n) is 15.1. The van der Waals surface area contributed by atoms with Gasteiger partial charge in [0.15, 0.2) is 10.9 Å². The van der Waals surface area contributed by atoms with Crippen LogP contribution in [-0.4, -0.2) is 23.1 Å². The Morgan fingerprint density at radius 2 is 1.89 bits per heavy atom. The van der Waals surface area contributed by atoms with Crippen molar-refractivity contribution in [3.63, 3.8) is 0 Å². The number of thiocarbonyl (C=S) groups is 1. The van der Waals surface area contributed by atoms with Gasteiger partial charge in [0.05, 0.1) is 16.7 Å². The number of hydrogen-bond acceptors (Lipinski definition) is 5. The van der Waals surface area contributed by atoms with Gasteiger partial charge < -0.3 is 14.5 Å². The molecule has 0 unspecified atom stereocenters. The van der Waals surface area contributed by atoms with Gasteiger partial charge in [-0.1, -0.05) is 29.8 Å². The molecule has 3 aromatic rings. The van der Waals surface area contributed by atoms with Crippen molar-refractivity contribution < 1.29 is 18.7 Å². The zero-order valence-corrected chi connectivity index (χ0v) is 16.7. The Balaban J connectivity index is 1.69. The second-order valence-electron chi connectivity index (χ2n) is 6.21. The Hall–Kier alpha value is -2.90. The molecule has 2 N–H and O–H groups in total.